The lowest BCUT2D eigenvalue weighted by atomic mass is 10.0. The Bertz CT molecular complexity index is 5040. The molecule has 37 heteroatoms. The minimum atomic E-state index is -4.92. The Kier molecular flexibility index (Phi) is 23.0. The Morgan fingerprint density at radius 1 is 0.545 bits per heavy atom. The summed E-state index contributed by atoms with van der Waals surface area (Å²) in [5.74, 6) is -1.72. The molecule has 0 spiro atoms. The molecule has 0 radical (unpaired) electrons. The number of nitriles is 1. The van der Waals surface area contributed by atoms with Crippen molar-refractivity contribution in [3.8, 4) is 50.8 Å². The van der Waals surface area contributed by atoms with Crippen molar-refractivity contribution in [3.63, 3.8) is 0 Å². The molecule has 3 amide bonds. The number of pyridine rings is 3. The van der Waals surface area contributed by atoms with E-state index in [4.69, 9.17) is 15.5 Å². The van der Waals surface area contributed by atoms with E-state index < -0.39 is 69.3 Å². The Morgan fingerprint density at radius 3 is 1.25 bits per heavy atom. The van der Waals surface area contributed by atoms with Crippen molar-refractivity contribution in [2.45, 2.75) is 76.7 Å². The number of fused-ring (bicyclic) bond motifs is 3. The number of carbonyl (C=O) groups excluding carboxylic acids is 3. The van der Waals surface area contributed by atoms with E-state index in [1.807, 2.05) is 6.07 Å². The molecule has 7 aromatic heterocycles. The second-order valence-electron chi connectivity index (χ2n) is 22.7. The third kappa shape index (κ3) is 15.8. The molecule has 3 aromatic carbocycles. The fourth-order valence-corrected chi connectivity index (χ4v) is 14.9. The molecule has 0 unspecified atom stereocenters. The van der Waals surface area contributed by atoms with E-state index in [2.05, 4.69) is 21.2 Å². The van der Waals surface area contributed by atoms with Crippen molar-refractivity contribution in [1.29, 1.82) is 5.26 Å². The first kappa shape index (κ1) is 75.3. The van der Waals surface area contributed by atoms with E-state index in [0.717, 1.165) is 106 Å². The van der Waals surface area contributed by atoms with E-state index in [1.165, 1.54) is 45.4 Å². The van der Waals surface area contributed by atoms with Crippen LogP contribution in [-0.2, 0) is 52.5 Å². The van der Waals surface area contributed by atoms with Crippen LogP contribution in [0.1, 0.15) is 66.3 Å². The second kappa shape index (κ2) is 30.9. The van der Waals surface area contributed by atoms with Gasteiger partial charge in [0.25, 0.3) is 16.7 Å². The molecule has 0 saturated carbocycles. The summed E-state index contributed by atoms with van der Waals surface area (Å²) in [7, 11) is 0. The van der Waals surface area contributed by atoms with Crippen molar-refractivity contribution in [2.24, 2.45) is 16.8 Å². The number of aromatic nitrogens is 5. The maximum atomic E-state index is 13.9. The summed E-state index contributed by atoms with van der Waals surface area (Å²) in [6, 6.07) is 9.52. The van der Waals surface area contributed by atoms with Crippen LogP contribution in [0.3, 0.4) is 0 Å². The lowest BCUT2D eigenvalue weighted by Gasteiger charge is -2.17. The van der Waals surface area contributed by atoms with Crippen molar-refractivity contribution in [2.75, 3.05) is 39.3 Å². The average molecular weight is 1490 g/mol. The molecular formula is C64H53ClF12N12O9S3. The van der Waals surface area contributed by atoms with Crippen LogP contribution in [-0.4, -0.2) is 112 Å². The van der Waals surface area contributed by atoms with Gasteiger partial charge in [0.05, 0.1) is 63.6 Å². The molecule has 13 rings (SSSR count). The summed E-state index contributed by atoms with van der Waals surface area (Å²) in [4.78, 5) is 86.7. The maximum absolute atomic E-state index is 13.9. The van der Waals surface area contributed by atoms with Gasteiger partial charge in [0.1, 0.15) is 43.2 Å². The Hall–Kier alpha value is -9.93. The first-order valence-corrected chi connectivity index (χ1v) is 32.5. The van der Waals surface area contributed by atoms with Gasteiger partial charge in [0, 0.05) is 90.7 Å². The molecule has 21 nitrogen and oxygen atoms in total. The summed E-state index contributed by atoms with van der Waals surface area (Å²) in [6.45, 7) is 2.72. The second-order valence-corrected chi connectivity index (χ2v) is 25.3. The standard InChI is InChI=1S/C22H16F4N4O3S.C21H18F4N4O3S.C21H15F4N3O2S.ClH.H3NO/c23-16-4-3-12(7-15(16)22(24,25)26)14-10-34-19-13(20-27-11-33-28-20)8-30(21(32)18(14)19)9-17(31)29-5-1-2-6-29;22-15-4-3-11(7-14(15)21(23,24)25)13-10-33-18-12(19(26)27-32)8-29(20(31)17(13)18)9-16(30)28-5-1-2-6-28;22-16-4-3-12(7-15(16)21(23,24)25)14-11-31-19-13(8-26)9-28(20(30)18(14)19)10-17(29)27-5-1-2-6-27;;1-2/h3-4,7-8,10-11H,1-2,5-6,9H2;3-4,7-8,10,32H,1-2,5-6,9H2,(H2,26,27);3-4,7,9,11H,1-2,5-6,10H2;1H;2H,1H2. The summed E-state index contributed by atoms with van der Waals surface area (Å²) >= 11 is 3.16. The van der Waals surface area contributed by atoms with Gasteiger partial charge in [-0.3, -0.25) is 28.8 Å². The molecule has 0 atom stereocenters. The molecule has 10 aromatic rings. The van der Waals surface area contributed by atoms with E-state index >= 15 is 0 Å². The smallest absolute Gasteiger partial charge is 0.409 e. The number of amides is 3. The quantitative estimate of drug-likeness (QED) is 0.0308. The van der Waals surface area contributed by atoms with Gasteiger partial charge in [-0.15, -0.1) is 46.4 Å². The normalized spacial score (nSPS) is 14.1. The number of nitrogens with two attached hydrogens (primary N) is 2. The molecular weight excluding hydrogens is 1440 g/mol. The van der Waals surface area contributed by atoms with Gasteiger partial charge in [0.2, 0.25) is 29.9 Å². The number of benzene rings is 3. The zero-order valence-corrected chi connectivity index (χ0v) is 55.2. The third-order valence-corrected chi connectivity index (χ3v) is 19.6. The van der Waals surface area contributed by atoms with Gasteiger partial charge in [-0.2, -0.15) is 49.8 Å². The fourth-order valence-electron chi connectivity index (χ4n) is 11.7. The molecule has 3 saturated heterocycles. The number of thiophene rings is 3. The first-order valence-electron chi connectivity index (χ1n) is 29.8. The Balaban J connectivity index is 0.000000174. The van der Waals surface area contributed by atoms with Crippen molar-refractivity contribution < 1.29 is 82.0 Å². The Labute approximate surface area is 578 Å². The minimum absolute atomic E-state index is 0. The van der Waals surface area contributed by atoms with Crippen LogP contribution in [0.4, 0.5) is 52.7 Å². The van der Waals surface area contributed by atoms with Gasteiger partial charge in [-0.05, 0) is 91.6 Å². The maximum Gasteiger partial charge on any atom is 0.419 e. The molecule has 6 N–H and O–H groups in total. The van der Waals surface area contributed by atoms with Crippen molar-refractivity contribution in [1.82, 2.24) is 38.5 Å². The Morgan fingerprint density at radius 2 is 0.891 bits per heavy atom. The van der Waals surface area contributed by atoms with E-state index in [0.29, 0.717) is 84.6 Å². The summed E-state index contributed by atoms with van der Waals surface area (Å²) in [5.41, 5.74) is 0.858. The van der Waals surface area contributed by atoms with Crippen molar-refractivity contribution in [3.05, 3.63) is 172 Å². The summed E-state index contributed by atoms with van der Waals surface area (Å²) in [6.07, 6.45) is -4.33. The van der Waals surface area contributed by atoms with Crippen LogP contribution in [0, 0.1) is 28.8 Å². The number of carbonyl (C=O) groups is 3. The topological polar surface area (TPSA) is 294 Å². The highest BCUT2D eigenvalue weighted by molar-refractivity contribution is 7.19. The predicted octanol–water partition coefficient (Wildman–Crippen LogP) is 12.3. The van der Waals surface area contributed by atoms with E-state index in [9.17, 15) is 91.9 Å². The van der Waals surface area contributed by atoms with Gasteiger partial charge < -0.3 is 49.1 Å². The molecule has 101 heavy (non-hydrogen) atoms. The number of likely N-dealkylation sites (tertiary alicyclic amines) is 3. The minimum Gasteiger partial charge on any atom is -0.409 e. The molecule has 10 heterocycles. The highest BCUT2D eigenvalue weighted by atomic mass is 35.5. The SMILES string of the molecule is Cl.N#Cc1cn(CC(=O)N2CCCC2)c(=O)c2c(-c3ccc(F)c(C(F)(F)F)c3)csc12.NC(=NO)c1cn(CC(=O)N2CCCC2)c(=O)c2c(-c3ccc(F)c(C(F)(F)F)c3)csc12.NO.O=C(Cn1cc(-c2ncon2)c2scc(-c3ccc(F)c(C(F)(F)F)c3)c2c1=O)N1CCCC1. The number of hydrogen-bond donors (Lipinski definition) is 4. The lowest BCUT2D eigenvalue weighted by Crippen LogP contribution is -2.35. The zero-order valence-electron chi connectivity index (χ0n) is 51.9. The van der Waals surface area contributed by atoms with Crippen LogP contribution >= 0.6 is 46.4 Å². The largest absolute Gasteiger partial charge is 0.419 e. The van der Waals surface area contributed by atoms with Crippen LogP contribution in [0.5, 0.6) is 0 Å². The molecule has 3 aliphatic heterocycles. The van der Waals surface area contributed by atoms with E-state index in [-0.39, 0.29) is 127 Å². The number of nitrogens with zero attached hydrogens (tertiary/aromatic N) is 10. The molecule has 0 aliphatic carbocycles. The van der Waals surface area contributed by atoms with Gasteiger partial charge >= 0.3 is 18.5 Å². The summed E-state index contributed by atoms with van der Waals surface area (Å²) < 4.78 is 170. The lowest BCUT2D eigenvalue weighted by molar-refractivity contribution is -0.140. The van der Waals surface area contributed by atoms with Gasteiger partial charge in [-0.1, -0.05) is 28.5 Å². The number of amidine groups is 1. The average Bonchev–Trinajstić information content (AvgIpc) is 1.65. The fraction of sp³-hybridized carbons (Fsp3) is 0.281. The van der Waals surface area contributed by atoms with Crippen LogP contribution in [0.15, 0.2) is 120 Å². The molecule has 3 fully saturated rings. The summed E-state index contributed by atoms with van der Waals surface area (Å²) in [5, 5.41) is 36.5. The zero-order chi connectivity index (χ0) is 72.3. The van der Waals surface area contributed by atoms with E-state index in [1.54, 1.807) is 14.7 Å². The third-order valence-electron chi connectivity index (χ3n) is 16.5. The highest BCUT2D eigenvalue weighted by Crippen LogP contribution is 2.43. The number of alkyl halides is 9. The van der Waals surface area contributed by atoms with Crippen LogP contribution in [0.25, 0.3) is 75.0 Å². The molecule has 532 valence electrons. The molecule has 0 bridgehead atoms. The van der Waals surface area contributed by atoms with Gasteiger partial charge in [-0.25, -0.2) is 19.1 Å². The number of hydrogen-bond acceptors (Lipinski definition) is 17. The number of halogens is 13. The number of rotatable bonds is 11. The first-order chi connectivity index (χ1) is 47.6. The van der Waals surface area contributed by atoms with Crippen LogP contribution < -0.4 is 28.3 Å². The van der Waals surface area contributed by atoms with Gasteiger partial charge in [0.15, 0.2) is 5.84 Å². The predicted molar refractivity (Wildman–Crippen MR) is 351 cm³/mol. The monoisotopic (exact) mass is 1490 g/mol. The number of oxime groups is 1. The molecule has 3 aliphatic rings. The van der Waals surface area contributed by atoms with Crippen LogP contribution in [0.2, 0.25) is 0 Å². The highest BCUT2D eigenvalue weighted by Gasteiger charge is 2.38. The van der Waals surface area contributed by atoms with Crippen molar-refractivity contribution >= 4 is 100 Å².